The summed E-state index contributed by atoms with van der Waals surface area (Å²) < 4.78 is 10.7. The number of nitrogens with one attached hydrogen (secondary N) is 1. The molecule has 4 aromatic rings. The van der Waals surface area contributed by atoms with Gasteiger partial charge in [0.2, 0.25) is 0 Å². The van der Waals surface area contributed by atoms with E-state index in [4.69, 9.17) is 14.3 Å². The lowest BCUT2D eigenvalue weighted by Gasteiger charge is -2.29. The summed E-state index contributed by atoms with van der Waals surface area (Å²) in [6.45, 7) is 5.84. The quantitative estimate of drug-likeness (QED) is 0.296. The summed E-state index contributed by atoms with van der Waals surface area (Å²) >= 11 is 0. The van der Waals surface area contributed by atoms with Gasteiger partial charge < -0.3 is 14.6 Å². The van der Waals surface area contributed by atoms with Crippen LogP contribution in [-0.2, 0) is 6.42 Å². The third-order valence-corrected chi connectivity index (χ3v) is 6.60. The smallest absolute Gasteiger partial charge is 0.261 e. The maximum Gasteiger partial charge on any atom is 0.261 e. The maximum atomic E-state index is 13.4. The van der Waals surface area contributed by atoms with E-state index in [0.29, 0.717) is 28.3 Å². The minimum absolute atomic E-state index is 0.0857. The molecular weight excluding hydrogens is 478 g/mol. The molecule has 1 amide bonds. The van der Waals surface area contributed by atoms with Crippen molar-refractivity contribution >= 4 is 23.1 Å². The minimum Gasteiger partial charge on any atom is -0.497 e. The Hall–Kier alpha value is -4.52. The van der Waals surface area contributed by atoms with Crippen molar-refractivity contribution < 1.29 is 18.8 Å². The standard InChI is InChI=1S/C31H29N3O4/c1-19-28(29(34-38-19)20-9-6-5-7-10-20)30(36)32-23-12-8-11-21(15-23)27(35)17-26-25-16-24(37-4)14-13-22(25)18-31(2,3)33-26/h5-16H,17-18H2,1-4H3,(H,32,36). The van der Waals surface area contributed by atoms with Crippen LogP contribution in [0.5, 0.6) is 5.75 Å². The number of hydrogen-bond acceptors (Lipinski definition) is 6. The number of hydrogen-bond donors (Lipinski definition) is 1. The van der Waals surface area contributed by atoms with Gasteiger partial charge in [-0.1, -0.05) is 53.7 Å². The van der Waals surface area contributed by atoms with Gasteiger partial charge >= 0.3 is 0 Å². The molecule has 3 aromatic carbocycles. The van der Waals surface area contributed by atoms with E-state index in [1.165, 1.54) is 0 Å². The predicted molar refractivity (Wildman–Crippen MR) is 147 cm³/mol. The molecule has 0 saturated carbocycles. The molecule has 2 heterocycles. The average Bonchev–Trinajstić information content (AvgIpc) is 3.30. The van der Waals surface area contributed by atoms with Gasteiger partial charge in [0.1, 0.15) is 22.8 Å². The number of amides is 1. The molecule has 38 heavy (non-hydrogen) atoms. The number of ether oxygens (including phenoxy) is 1. The number of ketones is 1. The average molecular weight is 508 g/mol. The van der Waals surface area contributed by atoms with Crippen LogP contribution >= 0.6 is 0 Å². The van der Waals surface area contributed by atoms with Crippen molar-refractivity contribution in [3.63, 3.8) is 0 Å². The molecule has 7 heteroatoms. The monoisotopic (exact) mass is 507 g/mol. The van der Waals surface area contributed by atoms with Crippen LogP contribution in [0.4, 0.5) is 5.69 Å². The van der Waals surface area contributed by atoms with E-state index in [-0.39, 0.29) is 23.7 Å². The summed E-state index contributed by atoms with van der Waals surface area (Å²) in [6.07, 6.45) is 0.933. The van der Waals surface area contributed by atoms with Gasteiger partial charge in [0.15, 0.2) is 5.78 Å². The van der Waals surface area contributed by atoms with Crippen LogP contribution in [0.3, 0.4) is 0 Å². The molecule has 0 atom stereocenters. The highest BCUT2D eigenvalue weighted by molar-refractivity contribution is 6.17. The Balaban J connectivity index is 1.38. The highest BCUT2D eigenvalue weighted by Gasteiger charge is 2.28. The van der Waals surface area contributed by atoms with Crippen molar-refractivity contribution in [2.24, 2.45) is 4.99 Å². The molecule has 7 nitrogen and oxygen atoms in total. The van der Waals surface area contributed by atoms with Crippen LogP contribution in [0.15, 0.2) is 82.3 Å². The number of aromatic nitrogens is 1. The van der Waals surface area contributed by atoms with E-state index in [0.717, 1.165) is 34.6 Å². The number of anilines is 1. The SMILES string of the molecule is COc1ccc2c(c1)C(CC(=O)c1cccc(NC(=O)c3c(-c4ccccc4)noc3C)c1)=NC(C)(C)C2. The second kappa shape index (κ2) is 10.1. The van der Waals surface area contributed by atoms with E-state index in [9.17, 15) is 9.59 Å². The number of nitrogens with zero attached hydrogens (tertiary/aromatic N) is 2. The topological polar surface area (TPSA) is 93.8 Å². The molecule has 5 rings (SSSR count). The van der Waals surface area contributed by atoms with E-state index in [1.54, 1.807) is 38.3 Å². The van der Waals surface area contributed by atoms with Crippen molar-refractivity contribution in [2.75, 3.05) is 12.4 Å². The van der Waals surface area contributed by atoms with Crippen LogP contribution in [0.1, 0.15) is 57.9 Å². The van der Waals surface area contributed by atoms with E-state index in [2.05, 4.69) is 24.3 Å². The molecule has 1 N–H and O–H groups in total. The second-order valence-corrected chi connectivity index (χ2v) is 10.0. The third-order valence-electron chi connectivity index (χ3n) is 6.60. The molecule has 0 unspecified atom stereocenters. The van der Waals surface area contributed by atoms with Gasteiger partial charge in [0.25, 0.3) is 5.91 Å². The first kappa shape index (κ1) is 25.1. The normalized spacial score (nSPS) is 13.8. The van der Waals surface area contributed by atoms with E-state index < -0.39 is 0 Å². The fourth-order valence-corrected chi connectivity index (χ4v) is 4.82. The van der Waals surface area contributed by atoms with E-state index >= 15 is 0 Å². The van der Waals surface area contributed by atoms with Gasteiger partial charge in [-0.05, 0) is 57.0 Å². The first-order valence-corrected chi connectivity index (χ1v) is 12.5. The Morgan fingerprint density at radius 2 is 1.82 bits per heavy atom. The number of benzene rings is 3. The molecule has 1 aliphatic rings. The third kappa shape index (κ3) is 5.13. The fraction of sp³-hybridized carbons (Fsp3) is 0.226. The highest BCUT2D eigenvalue weighted by atomic mass is 16.5. The van der Waals surface area contributed by atoms with Crippen molar-refractivity contribution in [3.8, 4) is 17.0 Å². The van der Waals surface area contributed by atoms with Crippen LogP contribution in [0.25, 0.3) is 11.3 Å². The van der Waals surface area contributed by atoms with Crippen LogP contribution < -0.4 is 10.1 Å². The number of aliphatic imine (C=N–C) groups is 1. The number of aryl methyl sites for hydroxylation is 1. The van der Waals surface area contributed by atoms with Crippen LogP contribution in [-0.4, -0.2) is 35.2 Å². The molecule has 192 valence electrons. The number of methoxy groups -OCH3 is 1. The lowest BCUT2D eigenvalue weighted by molar-refractivity contribution is 0.0996. The molecule has 0 radical (unpaired) electrons. The molecule has 0 saturated heterocycles. The summed E-state index contributed by atoms with van der Waals surface area (Å²) in [5.74, 6) is 0.705. The lowest BCUT2D eigenvalue weighted by atomic mass is 9.85. The van der Waals surface area contributed by atoms with E-state index in [1.807, 2.05) is 48.5 Å². The first-order valence-electron chi connectivity index (χ1n) is 12.5. The lowest BCUT2D eigenvalue weighted by Crippen LogP contribution is -2.30. The Labute approximate surface area is 221 Å². The summed E-state index contributed by atoms with van der Waals surface area (Å²) in [5.41, 5.74) is 5.13. The van der Waals surface area contributed by atoms with Gasteiger partial charge in [-0.3, -0.25) is 14.6 Å². The Morgan fingerprint density at radius 1 is 1.03 bits per heavy atom. The summed E-state index contributed by atoms with van der Waals surface area (Å²) in [7, 11) is 1.63. The van der Waals surface area contributed by atoms with Gasteiger partial charge in [-0.25, -0.2) is 0 Å². The van der Waals surface area contributed by atoms with Crippen molar-refractivity contribution in [2.45, 2.75) is 39.2 Å². The number of fused-ring (bicyclic) bond motifs is 1. The molecule has 0 fully saturated rings. The molecule has 1 aromatic heterocycles. The van der Waals surface area contributed by atoms with Gasteiger partial charge in [0.05, 0.1) is 24.8 Å². The summed E-state index contributed by atoms with van der Waals surface area (Å²) in [5, 5.41) is 6.99. The Kier molecular flexibility index (Phi) is 6.68. The zero-order valence-corrected chi connectivity index (χ0v) is 21.9. The summed E-state index contributed by atoms with van der Waals surface area (Å²) in [6, 6.07) is 22.3. The molecule has 1 aliphatic heterocycles. The van der Waals surface area contributed by atoms with Crippen molar-refractivity contribution in [1.82, 2.24) is 5.16 Å². The number of carbonyl (C=O) groups excluding carboxylic acids is 2. The number of rotatable bonds is 7. The maximum absolute atomic E-state index is 13.4. The fourth-order valence-electron chi connectivity index (χ4n) is 4.82. The predicted octanol–water partition coefficient (Wildman–Crippen LogP) is 6.31. The molecular formula is C31H29N3O4. The minimum atomic E-state index is -0.355. The first-order chi connectivity index (χ1) is 18.2. The zero-order chi connectivity index (χ0) is 26.9. The molecule has 0 bridgehead atoms. The zero-order valence-electron chi connectivity index (χ0n) is 21.9. The number of Topliss-reactive ketones (excluding diaryl/α,β-unsaturated/α-hetero) is 1. The molecule has 0 spiro atoms. The van der Waals surface area contributed by atoms with Crippen molar-refractivity contribution in [1.29, 1.82) is 0 Å². The van der Waals surface area contributed by atoms with Gasteiger partial charge in [-0.15, -0.1) is 0 Å². The van der Waals surface area contributed by atoms with Gasteiger partial charge in [0, 0.05) is 22.4 Å². The summed E-state index contributed by atoms with van der Waals surface area (Å²) in [4.78, 5) is 31.5. The largest absolute Gasteiger partial charge is 0.497 e. The Morgan fingerprint density at radius 3 is 2.58 bits per heavy atom. The van der Waals surface area contributed by atoms with Crippen LogP contribution in [0.2, 0.25) is 0 Å². The Bertz CT molecular complexity index is 1550. The van der Waals surface area contributed by atoms with Gasteiger partial charge in [-0.2, -0.15) is 0 Å². The van der Waals surface area contributed by atoms with Crippen molar-refractivity contribution in [3.05, 3.63) is 101 Å². The second-order valence-electron chi connectivity index (χ2n) is 10.0. The highest BCUT2D eigenvalue weighted by Crippen LogP contribution is 2.31. The molecule has 0 aliphatic carbocycles. The number of carbonyl (C=O) groups is 2. The van der Waals surface area contributed by atoms with Crippen LogP contribution in [0, 0.1) is 6.92 Å².